The highest BCUT2D eigenvalue weighted by molar-refractivity contribution is 5.94. The molecule has 0 spiro atoms. The lowest BCUT2D eigenvalue weighted by Crippen LogP contribution is -2.64. The molecule has 4 aromatic carbocycles. The number of benzene rings is 4. The van der Waals surface area contributed by atoms with Crippen LogP contribution in [0.1, 0.15) is 115 Å². The van der Waals surface area contributed by atoms with E-state index < -0.39 is 109 Å². The van der Waals surface area contributed by atoms with E-state index in [2.05, 4.69) is 5.32 Å². The van der Waals surface area contributed by atoms with E-state index in [1.54, 1.807) is 128 Å². The topological polar surface area (TPSA) is 188 Å². The Bertz CT molecular complexity index is 2370. The summed E-state index contributed by atoms with van der Waals surface area (Å²) in [6.45, 7) is 8.95. The highest BCUT2D eigenvalue weighted by atomic mass is 16.7. The Kier molecular flexibility index (Phi) is 18.1. The van der Waals surface area contributed by atoms with Crippen molar-refractivity contribution in [3.63, 3.8) is 0 Å². The van der Waals surface area contributed by atoms with Crippen molar-refractivity contribution in [3.05, 3.63) is 144 Å². The number of hydrogen-bond donors (Lipinski definition) is 1. The number of amides is 1. The quantitative estimate of drug-likeness (QED) is 0.0744. The molecule has 0 aromatic heterocycles. The van der Waals surface area contributed by atoms with Gasteiger partial charge in [0.25, 0.3) is 5.91 Å². The molecule has 0 radical (unpaired) electrons. The zero-order valence-electron chi connectivity index (χ0n) is 40.2. The van der Waals surface area contributed by atoms with Crippen LogP contribution >= 0.6 is 0 Å². The van der Waals surface area contributed by atoms with Crippen molar-refractivity contribution in [1.29, 1.82) is 0 Å². The predicted molar refractivity (Wildman–Crippen MR) is 254 cm³/mol. The molecule has 2 saturated heterocycles. The summed E-state index contributed by atoms with van der Waals surface area (Å²) in [6, 6.07) is 32.1. The van der Waals surface area contributed by atoms with Crippen LogP contribution in [-0.2, 0) is 47.5 Å². The van der Waals surface area contributed by atoms with Crippen LogP contribution in [-0.4, -0.2) is 104 Å². The van der Waals surface area contributed by atoms with Crippen LogP contribution in [0.3, 0.4) is 0 Å². The molecule has 0 bridgehead atoms. The fourth-order valence-electron chi connectivity index (χ4n) is 9.11. The molecule has 4 aromatic rings. The lowest BCUT2D eigenvalue weighted by molar-refractivity contribution is -0.301. The second-order valence-electron chi connectivity index (χ2n) is 18.3. The normalized spacial score (nSPS) is 28.1. The van der Waals surface area contributed by atoms with E-state index in [0.717, 1.165) is 19.3 Å². The lowest BCUT2D eigenvalue weighted by atomic mass is 9.80. The minimum atomic E-state index is -1.59. The molecule has 2 heterocycles. The Morgan fingerprint density at radius 3 is 1.67 bits per heavy atom. The third kappa shape index (κ3) is 12.9. The molecule has 3 fully saturated rings. The molecule has 372 valence electrons. The molecule has 2 aliphatic heterocycles. The van der Waals surface area contributed by atoms with Crippen LogP contribution in [0.15, 0.2) is 121 Å². The van der Waals surface area contributed by atoms with E-state index in [-0.39, 0.29) is 47.1 Å². The highest BCUT2D eigenvalue weighted by Gasteiger charge is 2.54. The second-order valence-corrected chi connectivity index (χ2v) is 18.3. The summed E-state index contributed by atoms with van der Waals surface area (Å²) in [5.41, 5.74) is 0.954. The first kappa shape index (κ1) is 51.6. The van der Waals surface area contributed by atoms with Crippen LogP contribution in [0, 0.1) is 17.8 Å². The fraction of sp³-hybridized carbons (Fsp3) is 0.455. The van der Waals surface area contributed by atoms with E-state index >= 15 is 4.79 Å². The highest BCUT2D eigenvalue weighted by Crippen LogP contribution is 2.38. The van der Waals surface area contributed by atoms with Crippen LogP contribution < -0.4 is 5.32 Å². The average Bonchev–Trinajstić information content (AvgIpc) is 3.38. The Morgan fingerprint density at radius 1 is 0.614 bits per heavy atom. The molecule has 5 unspecified atom stereocenters. The summed E-state index contributed by atoms with van der Waals surface area (Å²) in [6.07, 6.45) is -6.71. The van der Waals surface area contributed by atoms with Gasteiger partial charge in [-0.3, -0.25) is 9.59 Å². The number of Topliss-reactive ketones (excluding diaryl/α,β-unsaturated/α-hetero) is 1. The van der Waals surface area contributed by atoms with Crippen molar-refractivity contribution in [2.24, 2.45) is 17.8 Å². The summed E-state index contributed by atoms with van der Waals surface area (Å²) >= 11 is 0. The number of carbonyl (C=O) groups excluding carboxylic acids is 6. The largest absolute Gasteiger partial charge is 0.459 e. The van der Waals surface area contributed by atoms with Crippen LogP contribution in [0.2, 0.25) is 0 Å². The van der Waals surface area contributed by atoms with E-state index in [4.69, 9.17) is 37.9 Å². The Balaban J connectivity index is 1.24. The van der Waals surface area contributed by atoms with Gasteiger partial charge in [-0.2, -0.15) is 0 Å². The second kappa shape index (κ2) is 24.5. The van der Waals surface area contributed by atoms with Crippen LogP contribution in [0.25, 0.3) is 0 Å². The maximum absolute atomic E-state index is 15.2. The van der Waals surface area contributed by atoms with Gasteiger partial charge in [0.15, 0.2) is 30.6 Å². The van der Waals surface area contributed by atoms with Crippen LogP contribution in [0.5, 0.6) is 0 Å². The van der Waals surface area contributed by atoms with Gasteiger partial charge in [-0.15, -0.1) is 0 Å². The molecule has 1 aliphatic carbocycles. The van der Waals surface area contributed by atoms with E-state index in [1.165, 1.54) is 0 Å². The van der Waals surface area contributed by atoms with Gasteiger partial charge in [-0.1, -0.05) is 114 Å². The first-order valence-electron chi connectivity index (χ1n) is 24.3. The zero-order chi connectivity index (χ0) is 49.7. The molecule has 1 saturated carbocycles. The molecule has 15 nitrogen and oxygen atoms in total. The van der Waals surface area contributed by atoms with E-state index in [0.29, 0.717) is 6.42 Å². The molecule has 3 aliphatic rings. The lowest BCUT2D eigenvalue weighted by Gasteiger charge is -2.47. The third-order valence-corrected chi connectivity index (χ3v) is 13.1. The third-order valence-electron chi connectivity index (χ3n) is 13.1. The van der Waals surface area contributed by atoms with Gasteiger partial charge in [0.05, 0.1) is 34.4 Å². The van der Waals surface area contributed by atoms with E-state index in [1.807, 2.05) is 27.7 Å². The monoisotopic (exact) mass is 961 g/mol. The molecular weight excluding hydrogens is 899 g/mol. The van der Waals surface area contributed by atoms with Crippen molar-refractivity contribution in [1.82, 2.24) is 5.32 Å². The van der Waals surface area contributed by atoms with Gasteiger partial charge in [0.2, 0.25) is 0 Å². The molecular formula is C55H63NO14. The standard InChI is InChI=1S/C55H63NO14/c1-6-20-42(65-51(60)37-23-14-9-15-24-37)49(58)56-41-31-34(4)45(69-54-33(3)29-30-40(7-2)64-54)44(57)48(41)70-55-47(68-53(62)39-27-18-11-19-28-39)35(5)46(67-52(61)38-25-16-10-17-26-38)43(66-55)32-63-50(59)36-21-12-8-13-22-36/h8-19,21-28,33-35,40-43,45-48,54-55H,6-7,20,29-32H2,1-5H3,(H,56,58)/t33?,34-,35-,40?,41+,42-,43?,45?,46+,47?,48+,54-,55-/m0/s1. The number of hydrogen-bond acceptors (Lipinski definition) is 14. The summed E-state index contributed by atoms with van der Waals surface area (Å²) in [5, 5.41) is 2.97. The van der Waals surface area contributed by atoms with Crippen molar-refractivity contribution < 1.29 is 66.7 Å². The summed E-state index contributed by atoms with van der Waals surface area (Å²) < 4.78 is 50.3. The molecule has 1 amide bonds. The minimum Gasteiger partial charge on any atom is -0.459 e. The Labute approximate surface area is 408 Å². The zero-order valence-corrected chi connectivity index (χ0v) is 40.2. The number of ether oxygens (including phenoxy) is 8. The van der Waals surface area contributed by atoms with Gasteiger partial charge in [-0.25, -0.2) is 19.2 Å². The van der Waals surface area contributed by atoms with Gasteiger partial charge in [0.1, 0.15) is 31.0 Å². The first-order valence-corrected chi connectivity index (χ1v) is 24.3. The number of carbonyl (C=O) groups is 6. The molecule has 13 atom stereocenters. The molecule has 15 heteroatoms. The maximum atomic E-state index is 15.2. The maximum Gasteiger partial charge on any atom is 0.338 e. The Morgan fingerprint density at radius 2 is 1.13 bits per heavy atom. The van der Waals surface area contributed by atoms with Crippen molar-refractivity contribution in [3.8, 4) is 0 Å². The van der Waals surface area contributed by atoms with Gasteiger partial charge in [-0.05, 0) is 86.6 Å². The average molecular weight is 962 g/mol. The molecule has 70 heavy (non-hydrogen) atoms. The smallest absolute Gasteiger partial charge is 0.338 e. The van der Waals surface area contributed by atoms with Crippen molar-refractivity contribution in [2.75, 3.05) is 6.61 Å². The number of ketones is 1. The van der Waals surface area contributed by atoms with E-state index in [9.17, 15) is 24.0 Å². The van der Waals surface area contributed by atoms with Gasteiger partial charge in [0, 0.05) is 11.8 Å². The van der Waals surface area contributed by atoms with Gasteiger partial charge < -0.3 is 43.2 Å². The summed E-state index contributed by atoms with van der Waals surface area (Å²) in [4.78, 5) is 84.0. The fourth-order valence-corrected chi connectivity index (χ4v) is 9.11. The number of rotatable bonds is 18. The first-order chi connectivity index (χ1) is 33.8. The molecule has 7 rings (SSSR count). The Hall–Kier alpha value is -6.26. The molecule has 1 N–H and O–H groups in total. The van der Waals surface area contributed by atoms with Crippen LogP contribution in [0.4, 0.5) is 0 Å². The predicted octanol–water partition coefficient (Wildman–Crippen LogP) is 8.10. The number of nitrogens with one attached hydrogen (secondary N) is 1. The van der Waals surface area contributed by atoms with Gasteiger partial charge >= 0.3 is 23.9 Å². The summed E-state index contributed by atoms with van der Waals surface area (Å²) in [7, 11) is 0. The SMILES string of the molecule is CCC[C@H](OC(=O)c1ccccc1)C(=O)N[C@@H]1C[C@H](C)C(O[C@@H]2OC(CC)CCC2C)C(=O)[C@@H]1O[C@@H]1OC(COC(=O)c2ccccc2)[C@H](OC(=O)c2ccccc2)[C@H](C)C1OC(=O)c1ccccc1. The number of esters is 4. The summed E-state index contributed by atoms with van der Waals surface area (Å²) in [5.74, 6) is -5.48. The minimum absolute atomic E-state index is 0.0344. The van der Waals surface area contributed by atoms with Crippen molar-refractivity contribution >= 4 is 35.6 Å². The van der Waals surface area contributed by atoms with Crippen molar-refractivity contribution in [2.45, 2.75) is 134 Å².